The normalized spacial score (nSPS) is 6.12. The van der Waals surface area contributed by atoms with E-state index >= 15 is 0 Å². The molecule has 0 atom stereocenters. The molecule has 0 aromatic rings. The van der Waals surface area contributed by atoms with Crippen molar-refractivity contribution in [3.8, 4) is 0 Å². The Morgan fingerprint density at radius 1 is 1.00 bits per heavy atom. The summed E-state index contributed by atoms with van der Waals surface area (Å²) in [7, 11) is 0. The minimum Gasteiger partial charge on any atom is -0.405 e. The van der Waals surface area contributed by atoms with E-state index in [4.69, 9.17) is 5.73 Å². The zero-order valence-electron chi connectivity index (χ0n) is 6.73. The van der Waals surface area contributed by atoms with Crippen LogP contribution in [-0.2, 0) is 0 Å². The molecule has 0 saturated carbocycles. The lowest BCUT2D eigenvalue weighted by atomic mass is 10.7. The van der Waals surface area contributed by atoms with Gasteiger partial charge in [-0.25, -0.2) is 0 Å². The Hall–Kier alpha value is -0.460. The molecule has 2 N–H and O–H groups in total. The molecule has 0 aromatic heterocycles. The van der Waals surface area contributed by atoms with Gasteiger partial charge in [-0.2, -0.15) is 0 Å². The molecule has 1 heteroatoms. The zero-order valence-corrected chi connectivity index (χ0v) is 6.73. The van der Waals surface area contributed by atoms with Crippen molar-refractivity contribution in [1.29, 1.82) is 0 Å². The van der Waals surface area contributed by atoms with Crippen LogP contribution in [0.2, 0.25) is 0 Å². The van der Waals surface area contributed by atoms with E-state index in [-0.39, 0.29) is 0 Å². The molecule has 1 nitrogen and oxygen atoms in total. The highest BCUT2D eigenvalue weighted by Crippen LogP contribution is 1.47. The Kier molecular flexibility index (Phi) is 166. The number of nitrogens with two attached hydrogens (primary N) is 1. The number of rotatable bonds is 0. The van der Waals surface area contributed by atoms with Gasteiger partial charge >= 0.3 is 0 Å². The van der Waals surface area contributed by atoms with Gasteiger partial charge in [-0.15, -0.1) is 0 Å². The van der Waals surface area contributed by atoms with Gasteiger partial charge in [0.1, 0.15) is 0 Å². The predicted molar refractivity (Wildman–Crippen MR) is 41.7 cm³/mol. The lowest BCUT2D eigenvalue weighted by Crippen LogP contribution is -1.70. The smallest absolute Gasteiger partial charge is 0.0106 e. The second-order valence-corrected chi connectivity index (χ2v) is 0.526. The molecular weight excluding hydrogens is 98.1 g/mol. The third-order valence-corrected chi connectivity index (χ3v) is 0.192. The van der Waals surface area contributed by atoms with Crippen molar-refractivity contribution in [1.82, 2.24) is 0 Å². The first-order chi connectivity index (χ1) is 3.91. The Morgan fingerprint density at radius 3 is 1.12 bits per heavy atom. The predicted octanol–water partition coefficient (Wildman–Crippen LogP) is 2.53. The van der Waals surface area contributed by atoms with Crippen molar-refractivity contribution < 1.29 is 0 Å². The zero-order chi connectivity index (χ0) is 7.41. The molecule has 8 heavy (non-hydrogen) atoms. The molecule has 0 heterocycles. The second-order valence-electron chi connectivity index (χ2n) is 0.526. The molecule has 0 rings (SSSR count). The summed E-state index contributed by atoms with van der Waals surface area (Å²) in [5, 5.41) is 0. The van der Waals surface area contributed by atoms with Crippen LogP contribution < -0.4 is 5.73 Å². The standard InChI is InChI=1S/C3H7N.2C2H6/c1-2-3-4;2*1-2/h2-3H,4H2,1H3;2*1-2H3/b3-2-;;. The molecule has 52 valence electrons. The summed E-state index contributed by atoms with van der Waals surface area (Å²) >= 11 is 0. The molecule has 0 fully saturated rings. The van der Waals surface area contributed by atoms with E-state index in [1.54, 1.807) is 6.08 Å². The van der Waals surface area contributed by atoms with Crippen molar-refractivity contribution in [3.05, 3.63) is 12.3 Å². The van der Waals surface area contributed by atoms with Crippen LogP contribution in [-0.4, -0.2) is 0 Å². The van der Waals surface area contributed by atoms with Gasteiger partial charge in [0.25, 0.3) is 0 Å². The van der Waals surface area contributed by atoms with Gasteiger partial charge in [0, 0.05) is 0 Å². The fourth-order valence-electron chi connectivity index (χ4n) is 0. The first kappa shape index (κ1) is 15.6. The largest absolute Gasteiger partial charge is 0.405 e. The molecule has 0 bridgehead atoms. The lowest BCUT2D eigenvalue weighted by Gasteiger charge is -1.53. The molecule has 0 unspecified atom stereocenters. The van der Waals surface area contributed by atoms with Crippen molar-refractivity contribution in [2.24, 2.45) is 5.73 Å². The maximum atomic E-state index is 4.85. The summed E-state index contributed by atoms with van der Waals surface area (Å²) in [4.78, 5) is 0. The van der Waals surface area contributed by atoms with Crippen LogP contribution in [0, 0.1) is 0 Å². The van der Waals surface area contributed by atoms with Crippen LogP contribution in [0.5, 0.6) is 0 Å². The summed E-state index contributed by atoms with van der Waals surface area (Å²) in [6, 6.07) is 0. The van der Waals surface area contributed by atoms with Crippen LogP contribution >= 0.6 is 0 Å². The molecule has 0 saturated heterocycles. The van der Waals surface area contributed by atoms with Crippen LogP contribution in [0.1, 0.15) is 34.6 Å². The summed E-state index contributed by atoms with van der Waals surface area (Å²) in [6.45, 7) is 9.88. The molecule has 0 aliphatic heterocycles. The van der Waals surface area contributed by atoms with Gasteiger partial charge in [0.05, 0.1) is 0 Å². The molecule has 0 aliphatic carbocycles. The Bertz CT molecular complexity index is 19.6. The number of hydrogen-bond donors (Lipinski definition) is 1. The Balaban J connectivity index is -0.0000000542. The summed E-state index contributed by atoms with van der Waals surface area (Å²) in [6.07, 6.45) is 3.28. The van der Waals surface area contributed by atoms with Crippen molar-refractivity contribution >= 4 is 0 Å². The third kappa shape index (κ3) is 392. The molecular formula is C7H19N. The van der Waals surface area contributed by atoms with Crippen LogP contribution in [0.3, 0.4) is 0 Å². The van der Waals surface area contributed by atoms with Gasteiger partial charge < -0.3 is 5.73 Å². The minimum absolute atomic E-state index is 1.50. The van der Waals surface area contributed by atoms with E-state index in [1.807, 2.05) is 34.6 Å². The molecule has 0 amide bonds. The maximum Gasteiger partial charge on any atom is -0.0106 e. The van der Waals surface area contributed by atoms with E-state index in [2.05, 4.69) is 0 Å². The number of allylic oxidation sites excluding steroid dienone is 1. The van der Waals surface area contributed by atoms with Crippen LogP contribution in [0.25, 0.3) is 0 Å². The average Bonchev–Trinajstić information content (AvgIpc) is 1.96. The molecule has 0 aliphatic rings. The van der Waals surface area contributed by atoms with Gasteiger partial charge in [0.15, 0.2) is 0 Å². The van der Waals surface area contributed by atoms with E-state index in [1.165, 1.54) is 6.20 Å². The minimum atomic E-state index is 1.50. The van der Waals surface area contributed by atoms with Crippen molar-refractivity contribution in [2.45, 2.75) is 34.6 Å². The highest BCUT2D eigenvalue weighted by Gasteiger charge is 1.32. The maximum absolute atomic E-state index is 4.85. The van der Waals surface area contributed by atoms with Crippen molar-refractivity contribution in [3.63, 3.8) is 0 Å². The lowest BCUT2D eigenvalue weighted by molar-refractivity contribution is 1.50. The van der Waals surface area contributed by atoms with E-state index in [9.17, 15) is 0 Å². The highest BCUT2D eigenvalue weighted by atomic mass is 14.5. The fourth-order valence-corrected chi connectivity index (χ4v) is 0. The fraction of sp³-hybridized carbons (Fsp3) is 0.714. The van der Waals surface area contributed by atoms with Crippen molar-refractivity contribution in [2.75, 3.05) is 0 Å². The Morgan fingerprint density at radius 2 is 1.12 bits per heavy atom. The summed E-state index contributed by atoms with van der Waals surface area (Å²) in [5.41, 5.74) is 4.85. The summed E-state index contributed by atoms with van der Waals surface area (Å²) < 4.78 is 0. The monoisotopic (exact) mass is 117 g/mol. The third-order valence-electron chi connectivity index (χ3n) is 0.192. The molecule has 0 spiro atoms. The van der Waals surface area contributed by atoms with Gasteiger partial charge in [0.2, 0.25) is 0 Å². The van der Waals surface area contributed by atoms with Crippen LogP contribution in [0.4, 0.5) is 0 Å². The topological polar surface area (TPSA) is 26.0 Å². The first-order valence-electron chi connectivity index (χ1n) is 3.24. The van der Waals surface area contributed by atoms with Gasteiger partial charge in [-0.05, 0) is 13.1 Å². The number of hydrogen-bond acceptors (Lipinski definition) is 1. The average molecular weight is 117 g/mol. The van der Waals surface area contributed by atoms with E-state index in [0.29, 0.717) is 0 Å². The highest BCUT2D eigenvalue weighted by molar-refractivity contribution is 4.66. The Labute approximate surface area is 53.6 Å². The first-order valence-corrected chi connectivity index (χ1v) is 3.24. The van der Waals surface area contributed by atoms with Gasteiger partial charge in [-0.1, -0.05) is 33.8 Å². The van der Waals surface area contributed by atoms with E-state index < -0.39 is 0 Å². The molecule has 0 aromatic carbocycles. The summed E-state index contributed by atoms with van der Waals surface area (Å²) in [5.74, 6) is 0. The van der Waals surface area contributed by atoms with Crippen LogP contribution in [0.15, 0.2) is 12.3 Å². The SMILES string of the molecule is C/C=C\N.CC.CC. The van der Waals surface area contributed by atoms with Gasteiger partial charge in [-0.3, -0.25) is 0 Å². The second kappa shape index (κ2) is 84.6. The quantitative estimate of drug-likeness (QED) is 0.518. The molecule has 0 radical (unpaired) electrons. The van der Waals surface area contributed by atoms with E-state index in [0.717, 1.165) is 0 Å².